The van der Waals surface area contributed by atoms with Crippen molar-refractivity contribution in [2.24, 2.45) is 0 Å². The zero-order chi connectivity index (χ0) is 16.2. The maximum absolute atomic E-state index is 12.5. The molecule has 1 N–H and O–H groups in total. The van der Waals surface area contributed by atoms with E-state index in [1.54, 1.807) is 62.6 Å². The monoisotopic (exact) mass is 314 g/mol. The van der Waals surface area contributed by atoms with Crippen LogP contribution in [0.3, 0.4) is 0 Å². The molecule has 2 aromatic carbocycles. The Hall–Kier alpha value is -2.51. The molecule has 2 rings (SSSR count). The number of hydrogen-bond donors (Lipinski definition) is 1. The maximum atomic E-state index is 12.5. The lowest BCUT2D eigenvalue weighted by molar-refractivity contribution is -0.119. The number of carbonyl (C=O) groups excluding carboxylic acids is 1. The van der Waals surface area contributed by atoms with E-state index in [2.05, 4.69) is 11.4 Å². The van der Waals surface area contributed by atoms with Crippen molar-refractivity contribution in [2.75, 3.05) is 12.4 Å². The van der Waals surface area contributed by atoms with Gasteiger partial charge in [-0.25, -0.2) is 0 Å². The van der Waals surface area contributed by atoms with Crippen LogP contribution in [-0.2, 0) is 10.2 Å². The fraction of sp³-hybridized carbons (Fsp3) is 0.176. The third kappa shape index (κ3) is 3.21. The van der Waals surface area contributed by atoms with E-state index in [-0.39, 0.29) is 0 Å². The topological polar surface area (TPSA) is 62.1 Å². The molecular weight excluding hydrogens is 300 g/mol. The highest BCUT2D eigenvalue weighted by atomic mass is 35.5. The Labute approximate surface area is 134 Å². The molecule has 0 aliphatic rings. The molecule has 1 atom stereocenters. The van der Waals surface area contributed by atoms with Gasteiger partial charge < -0.3 is 10.1 Å². The van der Waals surface area contributed by atoms with E-state index in [0.717, 1.165) is 0 Å². The molecule has 0 saturated carbocycles. The highest BCUT2D eigenvalue weighted by Gasteiger charge is 2.35. The molecule has 0 spiro atoms. The van der Waals surface area contributed by atoms with E-state index < -0.39 is 11.3 Å². The second-order valence-corrected chi connectivity index (χ2v) is 5.36. The molecule has 0 aliphatic heterocycles. The Morgan fingerprint density at radius 2 is 1.77 bits per heavy atom. The number of halogens is 1. The predicted molar refractivity (Wildman–Crippen MR) is 86.0 cm³/mol. The number of hydrogen-bond acceptors (Lipinski definition) is 3. The van der Waals surface area contributed by atoms with Gasteiger partial charge in [-0.15, -0.1) is 0 Å². The van der Waals surface area contributed by atoms with Crippen molar-refractivity contribution >= 4 is 23.2 Å². The number of rotatable bonds is 4. The molecule has 22 heavy (non-hydrogen) atoms. The van der Waals surface area contributed by atoms with Crippen LogP contribution < -0.4 is 10.1 Å². The smallest absolute Gasteiger partial charge is 0.249 e. The van der Waals surface area contributed by atoms with E-state index in [4.69, 9.17) is 16.3 Å². The predicted octanol–water partition coefficient (Wildman–Crippen LogP) is 3.77. The summed E-state index contributed by atoms with van der Waals surface area (Å²) in [6, 6.07) is 15.7. The third-order valence-electron chi connectivity index (χ3n) is 3.45. The Morgan fingerprint density at radius 1 is 1.18 bits per heavy atom. The van der Waals surface area contributed by atoms with E-state index >= 15 is 0 Å². The summed E-state index contributed by atoms with van der Waals surface area (Å²) in [7, 11) is 1.57. The SMILES string of the molecule is COc1ccc(NC(=O)C(C)(C#N)c2ccc(Cl)cc2)cc1. The molecule has 0 radical (unpaired) electrons. The number of ether oxygens (including phenoxy) is 1. The van der Waals surface area contributed by atoms with E-state index in [1.807, 2.05) is 0 Å². The zero-order valence-electron chi connectivity index (χ0n) is 12.3. The highest BCUT2D eigenvalue weighted by Crippen LogP contribution is 2.27. The van der Waals surface area contributed by atoms with Crippen LogP contribution in [0.25, 0.3) is 0 Å². The van der Waals surface area contributed by atoms with Crippen molar-refractivity contribution in [1.29, 1.82) is 5.26 Å². The van der Waals surface area contributed by atoms with Gasteiger partial charge in [0.05, 0.1) is 13.2 Å². The molecule has 112 valence electrons. The number of nitrogens with zero attached hydrogens (tertiary/aromatic N) is 1. The normalized spacial score (nSPS) is 12.8. The maximum Gasteiger partial charge on any atom is 0.249 e. The second kappa shape index (κ2) is 6.50. The molecule has 0 fully saturated rings. The van der Waals surface area contributed by atoms with E-state index in [1.165, 1.54) is 0 Å². The first kappa shape index (κ1) is 15.9. The minimum absolute atomic E-state index is 0.400. The lowest BCUT2D eigenvalue weighted by Crippen LogP contribution is -2.36. The largest absolute Gasteiger partial charge is 0.497 e. The first-order valence-corrected chi connectivity index (χ1v) is 7.00. The van der Waals surface area contributed by atoms with Gasteiger partial charge in [-0.3, -0.25) is 4.79 Å². The quantitative estimate of drug-likeness (QED) is 0.934. The van der Waals surface area contributed by atoms with Crippen LogP contribution in [0.1, 0.15) is 12.5 Å². The molecule has 0 saturated heterocycles. The summed E-state index contributed by atoms with van der Waals surface area (Å²) in [4.78, 5) is 12.5. The first-order chi connectivity index (χ1) is 10.5. The van der Waals surface area contributed by atoms with Crippen molar-refractivity contribution in [3.05, 3.63) is 59.1 Å². The van der Waals surface area contributed by atoms with Crippen molar-refractivity contribution in [3.8, 4) is 11.8 Å². The Kier molecular flexibility index (Phi) is 4.69. The summed E-state index contributed by atoms with van der Waals surface area (Å²) in [5, 5.41) is 12.8. The molecule has 0 bridgehead atoms. The van der Waals surface area contributed by atoms with Gasteiger partial charge in [0.2, 0.25) is 5.91 Å². The molecule has 1 amide bonds. The number of nitrogens with one attached hydrogen (secondary N) is 1. The molecule has 2 aromatic rings. The fourth-order valence-electron chi connectivity index (χ4n) is 1.96. The van der Waals surface area contributed by atoms with Gasteiger partial charge in [-0.1, -0.05) is 23.7 Å². The number of benzene rings is 2. The molecule has 5 heteroatoms. The molecular formula is C17H15ClN2O2. The molecule has 0 aliphatic carbocycles. The Bertz CT molecular complexity index is 705. The fourth-order valence-corrected chi connectivity index (χ4v) is 2.09. The summed E-state index contributed by atoms with van der Waals surface area (Å²) >= 11 is 5.85. The van der Waals surface area contributed by atoms with Gasteiger partial charge in [-0.05, 0) is 48.9 Å². The highest BCUT2D eigenvalue weighted by molar-refractivity contribution is 6.30. The van der Waals surface area contributed by atoms with Crippen LogP contribution >= 0.6 is 11.6 Å². The standard InChI is InChI=1S/C17H15ClN2O2/c1-17(11-19,12-3-5-13(18)6-4-12)16(21)20-14-7-9-15(22-2)10-8-14/h3-10H,1-2H3,(H,20,21). The van der Waals surface area contributed by atoms with Crippen LogP contribution in [0, 0.1) is 11.3 Å². The number of methoxy groups -OCH3 is 1. The minimum atomic E-state index is -1.30. The minimum Gasteiger partial charge on any atom is -0.497 e. The van der Waals surface area contributed by atoms with E-state index in [0.29, 0.717) is 22.0 Å². The van der Waals surface area contributed by atoms with Crippen LogP contribution in [0.5, 0.6) is 5.75 Å². The van der Waals surface area contributed by atoms with Gasteiger partial charge in [0.25, 0.3) is 0 Å². The van der Waals surface area contributed by atoms with Gasteiger partial charge in [-0.2, -0.15) is 5.26 Å². The van der Waals surface area contributed by atoms with Gasteiger partial charge in [0, 0.05) is 10.7 Å². The summed E-state index contributed by atoms with van der Waals surface area (Å²) < 4.78 is 5.07. The van der Waals surface area contributed by atoms with Crippen molar-refractivity contribution < 1.29 is 9.53 Å². The van der Waals surface area contributed by atoms with Crippen LogP contribution in [0.2, 0.25) is 5.02 Å². The van der Waals surface area contributed by atoms with Crippen LogP contribution in [0.15, 0.2) is 48.5 Å². The average Bonchev–Trinajstić information content (AvgIpc) is 2.55. The van der Waals surface area contributed by atoms with Gasteiger partial charge in [0.1, 0.15) is 5.75 Å². The number of carbonyl (C=O) groups is 1. The summed E-state index contributed by atoms with van der Waals surface area (Å²) in [6.45, 7) is 1.58. The summed E-state index contributed by atoms with van der Waals surface area (Å²) in [5.41, 5.74) is -0.114. The number of amides is 1. The number of anilines is 1. The first-order valence-electron chi connectivity index (χ1n) is 6.62. The van der Waals surface area contributed by atoms with Crippen molar-refractivity contribution in [2.45, 2.75) is 12.3 Å². The summed E-state index contributed by atoms with van der Waals surface area (Å²) in [5.74, 6) is 0.293. The van der Waals surface area contributed by atoms with Crippen molar-refractivity contribution in [3.63, 3.8) is 0 Å². The van der Waals surface area contributed by atoms with Crippen LogP contribution in [0.4, 0.5) is 5.69 Å². The number of nitriles is 1. The molecule has 1 unspecified atom stereocenters. The van der Waals surface area contributed by atoms with Crippen LogP contribution in [-0.4, -0.2) is 13.0 Å². The summed E-state index contributed by atoms with van der Waals surface area (Å²) in [6.07, 6.45) is 0. The van der Waals surface area contributed by atoms with Crippen molar-refractivity contribution in [1.82, 2.24) is 0 Å². The Morgan fingerprint density at radius 3 is 2.27 bits per heavy atom. The lowest BCUT2D eigenvalue weighted by atomic mass is 9.83. The van der Waals surface area contributed by atoms with Gasteiger partial charge >= 0.3 is 0 Å². The average molecular weight is 315 g/mol. The molecule has 4 nitrogen and oxygen atoms in total. The molecule has 0 heterocycles. The molecule has 0 aromatic heterocycles. The third-order valence-corrected chi connectivity index (χ3v) is 3.70. The van der Waals surface area contributed by atoms with E-state index in [9.17, 15) is 10.1 Å². The Balaban J connectivity index is 2.24. The van der Waals surface area contributed by atoms with Gasteiger partial charge in [0.15, 0.2) is 5.41 Å². The second-order valence-electron chi connectivity index (χ2n) is 4.93. The lowest BCUT2D eigenvalue weighted by Gasteiger charge is -2.21. The zero-order valence-corrected chi connectivity index (χ0v) is 13.0.